The van der Waals surface area contributed by atoms with Crippen LogP contribution in [0.2, 0.25) is 5.02 Å². The number of amides is 2. The van der Waals surface area contributed by atoms with Gasteiger partial charge in [-0.15, -0.1) is 0 Å². The smallest absolute Gasteiger partial charge is 0.414 e. The highest BCUT2D eigenvalue weighted by molar-refractivity contribution is 6.30. The highest BCUT2D eigenvalue weighted by Gasteiger charge is 2.23. The number of anilines is 2. The van der Waals surface area contributed by atoms with Crippen LogP contribution in [0.25, 0.3) is 0 Å². The van der Waals surface area contributed by atoms with E-state index in [0.717, 1.165) is 6.07 Å². The maximum Gasteiger partial charge on any atom is 0.414 e. The van der Waals surface area contributed by atoms with Crippen molar-refractivity contribution in [2.45, 2.75) is 0 Å². The summed E-state index contributed by atoms with van der Waals surface area (Å²) >= 11 is 5.67. The lowest BCUT2D eigenvalue weighted by Gasteiger charge is -2.13. The van der Waals surface area contributed by atoms with Crippen molar-refractivity contribution in [1.29, 1.82) is 0 Å². The summed E-state index contributed by atoms with van der Waals surface area (Å²) in [5.41, 5.74) is 1.03. The van der Waals surface area contributed by atoms with E-state index in [9.17, 15) is 14.0 Å². The van der Waals surface area contributed by atoms with Crippen LogP contribution in [0.1, 0.15) is 10.4 Å². The topological polar surface area (TPSA) is 58.6 Å². The number of cyclic esters (lactones) is 1. The van der Waals surface area contributed by atoms with Gasteiger partial charge in [0.2, 0.25) is 0 Å². The Kier molecular flexibility index (Phi) is 4.16. The maximum atomic E-state index is 13.7. The van der Waals surface area contributed by atoms with E-state index in [1.165, 1.54) is 17.0 Å². The van der Waals surface area contributed by atoms with Crippen molar-refractivity contribution >= 4 is 35.0 Å². The van der Waals surface area contributed by atoms with Crippen molar-refractivity contribution in [2.24, 2.45) is 0 Å². The van der Waals surface area contributed by atoms with E-state index in [0.29, 0.717) is 24.4 Å². The van der Waals surface area contributed by atoms with Crippen LogP contribution in [0.3, 0.4) is 0 Å². The average Bonchev–Trinajstić information content (AvgIpc) is 2.96. The SMILES string of the molecule is O=C(Nc1ccc(Cl)cc1F)c1ccc(N2CCOC2=O)cc1. The Balaban J connectivity index is 1.74. The lowest BCUT2D eigenvalue weighted by Crippen LogP contribution is -2.23. The zero-order valence-corrected chi connectivity index (χ0v) is 12.6. The van der Waals surface area contributed by atoms with Crippen LogP contribution in [0.15, 0.2) is 42.5 Å². The van der Waals surface area contributed by atoms with Crippen LogP contribution in [0, 0.1) is 5.82 Å². The average molecular weight is 335 g/mol. The lowest BCUT2D eigenvalue weighted by molar-refractivity contribution is 0.102. The van der Waals surface area contributed by atoms with Crippen molar-refractivity contribution in [1.82, 2.24) is 0 Å². The second-order valence-electron chi connectivity index (χ2n) is 4.89. The molecule has 1 heterocycles. The third-order valence-corrected chi connectivity index (χ3v) is 3.62. The minimum Gasteiger partial charge on any atom is -0.447 e. The summed E-state index contributed by atoms with van der Waals surface area (Å²) in [7, 11) is 0. The third-order valence-electron chi connectivity index (χ3n) is 3.38. The van der Waals surface area contributed by atoms with E-state index in [-0.39, 0.29) is 10.7 Å². The number of hydrogen-bond donors (Lipinski definition) is 1. The fourth-order valence-electron chi connectivity index (χ4n) is 2.21. The molecule has 0 aromatic heterocycles. The molecule has 5 nitrogen and oxygen atoms in total. The number of carbonyl (C=O) groups is 2. The van der Waals surface area contributed by atoms with Crippen molar-refractivity contribution in [3.8, 4) is 0 Å². The number of hydrogen-bond acceptors (Lipinski definition) is 3. The van der Waals surface area contributed by atoms with E-state index < -0.39 is 17.8 Å². The fourth-order valence-corrected chi connectivity index (χ4v) is 2.36. The highest BCUT2D eigenvalue weighted by atomic mass is 35.5. The van der Waals surface area contributed by atoms with Gasteiger partial charge in [0.05, 0.1) is 12.2 Å². The molecule has 0 unspecified atom stereocenters. The summed E-state index contributed by atoms with van der Waals surface area (Å²) in [6, 6.07) is 10.4. The summed E-state index contributed by atoms with van der Waals surface area (Å²) in [6.07, 6.45) is -0.412. The van der Waals surface area contributed by atoms with Gasteiger partial charge in [-0.2, -0.15) is 0 Å². The summed E-state index contributed by atoms with van der Waals surface area (Å²) in [4.78, 5) is 25.1. The van der Waals surface area contributed by atoms with Crippen molar-refractivity contribution in [3.05, 3.63) is 58.9 Å². The molecule has 0 atom stereocenters. The molecule has 0 bridgehead atoms. The lowest BCUT2D eigenvalue weighted by atomic mass is 10.1. The first-order valence-electron chi connectivity index (χ1n) is 6.85. The predicted molar refractivity (Wildman–Crippen MR) is 84.5 cm³/mol. The molecule has 2 aromatic rings. The van der Waals surface area contributed by atoms with Crippen molar-refractivity contribution in [3.63, 3.8) is 0 Å². The van der Waals surface area contributed by atoms with Crippen LogP contribution in [-0.2, 0) is 4.74 Å². The summed E-state index contributed by atoms with van der Waals surface area (Å²) in [5.74, 6) is -1.07. The number of nitrogens with zero attached hydrogens (tertiary/aromatic N) is 1. The van der Waals surface area contributed by atoms with Crippen LogP contribution in [-0.4, -0.2) is 25.2 Å². The Hall–Kier alpha value is -2.60. The number of nitrogens with one attached hydrogen (secondary N) is 1. The minimum atomic E-state index is -0.609. The molecule has 1 aliphatic rings. The van der Waals surface area contributed by atoms with Gasteiger partial charge in [-0.1, -0.05) is 11.6 Å². The first kappa shape index (κ1) is 15.3. The molecule has 7 heteroatoms. The van der Waals surface area contributed by atoms with Gasteiger partial charge in [-0.3, -0.25) is 9.69 Å². The molecule has 23 heavy (non-hydrogen) atoms. The molecule has 2 aromatic carbocycles. The second kappa shape index (κ2) is 6.26. The van der Waals surface area contributed by atoms with E-state index in [4.69, 9.17) is 16.3 Å². The first-order valence-corrected chi connectivity index (χ1v) is 7.23. The molecule has 2 amide bonds. The zero-order valence-electron chi connectivity index (χ0n) is 11.9. The van der Waals surface area contributed by atoms with Crippen LogP contribution in [0.4, 0.5) is 20.6 Å². The molecule has 1 fully saturated rings. The molecule has 1 aliphatic heterocycles. The molecule has 1 saturated heterocycles. The number of halogens is 2. The monoisotopic (exact) mass is 334 g/mol. The highest BCUT2D eigenvalue weighted by Crippen LogP contribution is 2.22. The standard InChI is InChI=1S/C16H12ClFN2O3/c17-11-3-6-14(13(18)9-11)19-15(21)10-1-4-12(5-2-10)20-7-8-23-16(20)22/h1-6,9H,7-8H2,(H,19,21). The van der Waals surface area contributed by atoms with Gasteiger partial charge in [0.25, 0.3) is 5.91 Å². The van der Waals surface area contributed by atoms with Gasteiger partial charge in [-0.05, 0) is 42.5 Å². The van der Waals surface area contributed by atoms with Gasteiger partial charge in [0.15, 0.2) is 0 Å². The van der Waals surface area contributed by atoms with Crippen molar-refractivity contribution < 1.29 is 18.7 Å². The molecule has 118 valence electrons. The number of ether oxygens (including phenoxy) is 1. The summed E-state index contributed by atoms with van der Waals surface area (Å²) in [6.45, 7) is 0.817. The molecule has 1 N–H and O–H groups in total. The van der Waals surface area contributed by atoms with Gasteiger partial charge in [-0.25, -0.2) is 9.18 Å². The predicted octanol–water partition coefficient (Wildman–Crippen LogP) is 3.69. The van der Waals surface area contributed by atoms with Crippen molar-refractivity contribution in [2.75, 3.05) is 23.4 Å². The molecule has 0 spiro atoms. The fraction of sp³-hybridized carbons (Fsp3) is 0.125. The Labute approximate surface area is 136 Å². The Morgan fingerprint density at radius 3 is 2.57 bits per heavy atom. The van der Waals surface area contributed by atoms with E-state index in [1.807, 2.05) is 0 Å². The zero-order chi connectivity index (χ0) is 16.4. The quantitative estimate of drug-likeness (QED) is 0.931. The Bertz CT molecular complexity index is 764. The molecular formula is C16H12ClFN2O3. The van der Waals surface area contributed by atoms with E-state index >= 15 is 0 Å². The van der Waals surface area contributed by atoms with Crippen LogP contribution >= 0.6 is 11.6 Å². The number of benzene rings is 2. The molecule has 3 rings (SSSR count). The van der Waals surface area contributed by atoms with Crippen LogP contribution < -0.4 is 10.2 Å². The molecule has 0 aliphatic carbocycles. The Morgan fingerprint density at radius 2 is 1.96 bits per heavy atom. The van der Waals surface area contributed by atoms with Gasteiger partial charge in [0.1, 0.15) is 12.4 Å². The minimum absolute atomic E-state index is 0.0478. The number of rotatable bonds is 3. The summed E-state index contributed by atoms with van der Waals surface area (Å²) in [5, 5.41) is 2.73. The first-order chi connectivity index (χ1) is 11.0. The van der Waals surface area contributed by atoms with Gasteiger partial charge in [0, 0.05) is 16.3 Å². The van der Waals surface area contributed by atoms with E-state index in [2.05, 4.69) is 5.32 Å². The van der Waals surface area contributed by atoms with Crippen LogP contribution in [0.5, 0.6) is 0 Å². The Morgan fingerprint density at radius 1 is 1.22 bits per heavy atom. The second-order valence-corrected chi connectivity index (χ2v) is 5.33. The number of carbonyl (C=O) groups excluding carboxylic acids is 2. The largest absolute Gasteiger partial charge is 0.447 e. The molecule has 0 radical (unpaired) electrons. The molecule has 0 saturated carbocycles. The third kappa shape index (κ3) is 3.27. The summed E-state index contributed by atoms with van der Waals surface area (Å²) < 4.78 is 18.5. The van der Waals surface area contributed by atoms with Gasteiger partial charge < -0.3 is 10.1 Å². The van der Waals surface area contributed by atoms with Gasteiger partial charge >= 0.3 is 6.09 Å². The normalized spacial score (nSPS) is 13.8. The maximum absolute atomic E-state index is 13.7. The molecular weight excluding hydrogens is 323 g/mol. The van der Waals surface area contributed by atoms with E-state index in [1.54, 1.807) is 24.3 Å².